The Morgan fingerprint density at radius 3 is 2.78 bits per heavy atom. The highest BCUT2D eigenvalue weighted by molar-refractivity contribution is 9.10. The molecular weight excluding hydrogens is 356 g/mol. The van der Waals surface area contributed by atoms with Gasteiger partial charge in [0.05, 0.1) is 23.1 Å². The van der Waals surface area contributed by atoms with Gasteiger partial charge in [-0.2, -0.15) is 5.10 Å². The molecule has 1 atom stereocenters. The van der Waals surface area contributed by atoms with Gasteiger partial charge in [-0.3, -0.25) is 4.79 Å². The lowest BCUT2D eigenvalue weighted by Gasteiger charge is -2.23. The van der Waals surface area contributed by atoms with E-state index in [1.54, 1.807) is 6.20 Å². The molecule has 1 amide bonds. The minimum atomic E-state index is 0.0545. The Kier molecular flexibility index (Phi) is 4.82. The van der Waals surface area contributed by atoms with Gasteiger partial charge in [-0.05, 0) is 43.7 Å². The summed E-state index contributed by atoms with van der Waals surface area (Å²) < 4.78 is 2.89. The van der Waals surface area contributed by atoms with Gasteiger partial charge in [-0.25, -0.2) is 4.68 Å². The zero-order valence-electron chi connectivity index (χ0n) is 13.4. The van der Waals surface area contributed by atoms with Crippen molar-refractivity contribution in [3.8, 4) is 5.69 Å². The van der Waals surface area contributed by atoms with Crippen molar-refractivity contribution < 1.29 is 4.79 Å². The lowest BCUT2D eigenvalue weighted by molar-refractivity contribution is 0.0742. The van der Waals surface area contributed by atoms with Crippen LogP contribution in [0.15, 0.2) is 34.9 Å². The van der Waals surface area contributed by atoms with Crippen LogP contribution in [0.25, 0.3) is 5.69 Å². The largest absolute Gasteiger partial charge is 0.337 e. The first kappa shape index (κ1) is 16.2. The summed E-state index contributed by atoms with van der Waals surface area (Å²) in [6.45, 7) is 3.89. The van der Waals surface area contributed by atoms with Crippen molar-refractivity contribution in [2.75, 3.05) is 20.1 Å². The molecule has 1 aromatic carbocycles. The molecular formula is C17H21BrN4O. The zero-order chi connectivity index (χ0) is 16.4. The number of halogens is 1. The van der Waals surface area contributed by atoms with Crippen LogP contribution in [0.3, 0.4) is 0 Å². The van der Waals surface area contributed by atoms with Crippen LogP contribution in [0.5, 0.6) is 0 Å². The molecule has 1 fully saturated rings. The van der Waals surface area contributed by atoms with E-state index in [4.69, 9.17) is 0 Å². The summed E-state index contributed by atoms with van der Waals surface area (Å²) in [6.07, 6.45) is 3.46. The summed E-state index contributed by atoms with van der Waals surface area (Å²) in [7, 11) is 1.89. The molecule has 2 aromatic rings. The zero-order valence-corrected chi connectivity index (χ0v) is 15.0. The topological polar surface area (TPSA) is 50.2 Å². The van der Waals surface area contributed by atoms with Crippen LogP contribution in [0.2, 0.25) is 0 Å². The van der Waals surface area contributed by atoms with Gasteiger partial charge in [-0.15, -0.1) is 0 Å². The van der Waals surface area contributed by atoms with Gasteiger partial charge in [0.25, 0.3) is 5.91 Å². The van der Waals surface area contributed by atoms with Crippen molar-refractivity contribution in [3.63, 3.8) is 0 Å². The van der Waals surface area contributed by atoms with Crippen molar-refractivity contribution >= 4 is 21.8 Å². The van der Waals surface area contributed by atoms with Gasteiger partial charge in [0, 0.05) is 24.1 Å². The maximum atomic E-state index is 12.8. The van der Waals surface area contributed by atoms with Crippen LogP contribution < -0.4 is 5.32 Å². The molecule has 0 bridgehead atoms. The van der Waals surface area contributed by atoms with Gasteiger partial charge in [0.1, 0.15) is 0 Å². The molecule has 1 unspecified atom stereocenters. The molecule has 6 heteroatoms. The molecule has 0 saturated carbocycles. The van der Waals surface area contributed by atoms with Gasteiger partial charge in [-0.1, -0.05) is 22.9 Å². The molecule has 1 saturated heterocycles. The average Bonchev–Trinajstić information content (AvgIpc) is 3.23. The van der Waals surface area contributed by atoms with Crippen molar-refractivity contribution in [2.24, 2.45) is 0 Å². The molecule has 1 aromatic heterocycles. The predicted octanol–water partition coefficient (Wildman–Crippen LogP) is 2.63. The van der Waals surface area contributed by atoms with Crippen LogP contribution in [0, 0.1) is 0 Å². The molecule has 3 rings (SSSR count). The quantitative estimate of drug-likeness (QED) is 0.891. The Hall–Kier alpha value is -1.66. The summed E-state index contributed by atoms with van der Waals surface area (Å²) in [4.78, 5) is 14.7. The van der Waals surface area contributed by atoms with Crippen LogP contribution >= 0.6 is 15.9 Å². The van der Waals surface area contributed by atoms with Gasteiger partial charge >= 0.3 is 0 Å². The fourth-order valence-electron chi connectivity index (χ4n) is 3.02. The summed E-state index contributed by atoms with van der Waals surface area (Å²) >= 11 is 3.44. The fraction of sp³-hybridized carbons (Fsp3) is 0.412. The number of carbonyl (C=O) groups excluding carboxylic acids is 1. The minimum absolute atomic E-state index is 0.0545. The number of hydrogen-bond donors (Lipinski definition) is 1. The predicted molar refractivity (Wildman–Crippen MR) is 94.0 cm³/mol. The third kappa shape index (κ3) is 3.19. The third-order valence-corrected chi connectivity index (χ3v) is 4.94. The first-order valence-corrected chi connectivity index (χ1v) is 8.71. The molecule has 0 spiro atoms. The van der Waals surface area contributed by atoms with E-state index >= 15 is 0 Å². The van der Waals surface area contributed by atoms with Crippen molar-refractivity contribution in [3.05, 3.63) is 46.2 Å². The van der Waals surface area contributed by atoms with Gasteiger partial charge < -0.3 is 10.2 Å². The average molecular weight is 377 g/mol. The summed E-state index contributed by atoms with van der Waals surface area (Å²) in [5.41, 5.74) is 2.62. The highest BCUT2D eigenvalue weighted by atomic mass is 79.9. The van der Waals surface area contributed by atoms with E-state index in [-0.39, 0.29) is 11.9 Å². The van der Waals surface area contributed by atoms with Gasteiger partial charge in [0.2, 0.25) is 0 Å². The SMILES string of the molecule is CCc1c(C(=O)N(C)C2CCNC2)cnn1-c1ccc(Br)cc1. The fourth-order valence-corrected chi connectivity index (χ4v) is 3.29. The maximum Gasteiger partial charge on any atom is 0.257 e. The lowest BCUT2D eigenvalue weighted by Crippen LogP contribution is -2.38. The summed E-state index contributed by atoms with van der Waals surface area (Å²) in [6, 6.07) is 8.22. The molecule has 122 valence electrons. The molecule has 1 aliphatic rings. The van der Waals surface area contributed by atoms with Crippen LogP contribution in [-0.4, -0.2) is 46.8 Å². The number of amides is 1. The second-order valence-corrected chi connectivity index (χ2v) is 6.73. The molecule has 5 nitrogen and oxygen atoms in total. The second kappa shape index (κ2) is 6.84. The highest BCUT2D eigenvalue weighted by Crippen LogP contribution is 2.20. The van der Waals surface area contributed by atoms with E-state index in [1.807, 2.05) is 40.9 Å². The minimum Gasteiger partial charge on any atom is -0.337 e. The Balaban J connectivity index is 1.91. The normalized spacial score (nSPS) is 17.4. The van der Waals surface area contributed by atoms with Crippen molar-refractivity contribution in [2.45, 2.75) is 25.8 Å². The molecule has 23 heavy (non-hydrogen) atoms. The number of likely N-dealkylation sites (N-methyl/N-ethyl adjacent to an activating group) is 1. The summed E-state index contributed by atoms with van der Waals surface area (Å²) in [5, 5.41) is 7.76. The van der Waals surface area contributed by atoms with Crippen LogP contribution in [0.1, 0.15) is 29.4 Å². The maximum absolute atomic E-state index is 12.8. The number of rotatable bonds is 4. The van der Waals surface area contributed by atoms with E-state index in [1.165, 1.54) is 0 Å². The van der Waals surface area contributed by atoms with Crippen molar-refractivity contribution in [1.82, 2.24) is 20.0 Å². The Morgan fingerprint density at radius 1 is 1.43 bits per heavy atom. The van der Waals surface area contributed by atoms with E-state index in [0.29, 0.717) is 5.56 Å². The van der Waals surface area contributed by atoms with E-state index in [9.17, 15) is 4.79 Å². The van der Waals surface area contributed by atoms with Crippen LogP contribution in [-0.2, 0) is 6.42 Å². The number of hydrogen-bond acceptors (Lipinski definition) is 3. The van der Waals surface area contributed by atoms with E-state index in [2.05, 4.69) is 33.3 Å². The molecule has 0 aliphatic carbocycles. The second-order valence-electron chi connectivity index (χ2n) is 5.81. The Labute approximate surface area is 144 Å². The van der Waals surface area contributed by atoms with E-state index < -0.39 is 0 Å². The van der Waals surface area contributed by atoms with Crippen LogP contribution in [0.4, 0.5) is 0 Å². The Bertz CT molecular complexity index is 689. The molecule has 1 N–H and O–H groups in total. The first-order valence-electron chi connectivity index (χ1n) is 7.92. The highest BCUT2D eigenvalue weighted by Gasteiger charge is 2.27. The molecule has 2 heterocycles. The molecule has 0 radical (unpaired) electrons. The molecule has 1 aliphatic heterocycles. The van der Waals surface area contributed by atoms with E-state index in [0.717, 1.165) is 41.8 Å². The van der Waals surface area contributed by atoms with Gasteiger partial charge in [0.15, 0.2) is 0 Å². The standard InChI is InChI=1S/C17H21BrN4O/c1-3-16-15(17(23)21(2)14-8-9-19-10-14)11-20-22(16)13-6-4-12(18)5-7-13/h4-7,11,14,19H,3,8-10H2,1-2H3. The summed E-state index contributed by atoms with van der Waals surface area (Å²) in [5.74, 6) is 0.0545. The third-order valence-electron chi connectivity index (χ3n) is 4.41. The Morgan fingerprint density at radius 2 is 2.17 bits per heavy atom. The first-order chi connectivity index (χ1) is 11.1. The number of nitrogens with one attached hydrogen (secondary N) is 1. The number of nitrogens with zero attached hydrogens (tertiary/aromatic N) is 3. The smallest absolute Gasteiger partial charge is 0.257 e. The number of aromatic nitrogens is 2. The van der Waals surface area contributed by atoms with Crippen molar-refractivity contribution in [1.29, 1.82) is 0 Å². The number of benzene rings is 1. The monoisotopic (exact) mass is 376 g/mol. The number of carbonyl (C=O) groups is 1. The lowest BCUT2D eigenvalue weighted by atomic mass is 10.1.